The molecule has 1 unspecified atom stereocenters. The molecule has 0 aliphatic heterocycles. The first-order valence-corrected chi connectivity index (χ1v) is 12.2. The standard InChI is InChI=1S/C30H28FN3O4/c31-25-9-4-7-23(19-25)22-6-3-8-24(18-22)27(20-29(35)36)34-30(37)21-11-13-26(14-12-21)38-17-5-16-33-28-10-1-2-15-32-28/h1-4,6-15,18-19,27H,5,16-17,20H2,(H,32,33)(H,34,37)(H,35,36). The van der Waals surface area contributed by atoms with Crippen LogP contribution in [0.25, 0.3) is 11.1 Å². The number of amides is 1. The van der Waals surface area contributed by atoms with Gasteiger partial charge in [-0.2, -0.15) is 0 Å². The van der Waals surface area contributed by atoms with Crippen molar-refractivity contribution in [3.63, 3.8) is 0 Å². The number of aromatic nitrogens is 1. The smallest absolute Gasteiger partial charge is 0.305 e. The van der Waals surface area contributed by atoms with Crippen molar-refractivity contribution >= 4 is 17.7 Å². The number of pyridine rings is 1. The fourth-order valence-corrected chi connectivity index (χ4v) is 3.92. The number of hydrogen-bond acceptors (Lipinski definition) is 5. The van der Waals surface area contributed by atoms with E-state index in [0.717, 1.165) is 17.8 Å². The Morgan fingerprint density at radius 3 is 2.39 bits per heavy atom. The molecule has 3 N–H and O–H groups in total. The second-order valence-corrected chi connectivity index (χ2v) is 8.63. The predicted octanol–water partition coefficient (Wildman–Crippen LogP) is 5.71. The van der Waals surface area contributed by atoms with Crippen molar-refractivity contribution in [3.8, 4) is 16.9 Å². The zero-order valence-corrected chi connectivity index (χ0v) is 20.6. The fourth-order valence-electron chi connectivity index (χ4n) is 3.92. The van der Waals surface area contributed by atoms with Gasteiger partial charge in [-0.1, -0.05) is 36.4 Å². The molecular formula is C30H28FN3O4. The van der Waals surface area contributed by atoms with Crippen LogP contribution in [0, 0.1) is 5.82 Å². The van der Waals surface area contributed by atoms with Gasteiger partial charge in [0.1, 0.15) is 17.4 Å². The third-order valence-corrected chi connectivity index (χ3v) is 5.81. The molecule has 4 aromatic rings. The van der Waals surface area contributed by atoms with E-state index in [4.69, 9.17) is 4.74 Å². The number of nitrogens with one attached hydrogen (secondary N) is 2. The fraction of sp³-hybridized carbons (Fsp3) is 0.167. The van der Waals surface area contributed by atoms with E-state index in [-0.39, 0.29) is 12.2 Å². The van der Waals surface area contributed by atoms with Gasteiger partial charge in [0.15, 0.2) is 0 Å². The van der Waals surface area contributed by atoms with Crippen LogP contribution in [0.4, 0.5) is 10.2 Å². The van der Waals surface area contributed by atoms with Gasteiger partial charge < -0.3 is 20.5 Å². The number of halogens is 1. The van der Waals surface area contributed by atoms with Crippen LogP contribution >= 0.6 is 0 Å². The summed E-state index contributed by atoms with van der Waals surface area (Å²) >= 11 is 0. The number of benzene rings is 3. The Bertz CT molecular complexity index is 1360. The molecule has 0 aliphatic rings. The maximum Gasteiger partial charge on any atom is 0.305 e. The number of carbonyl (C=O) groups is 2. The van der Waals surface area contributed by atoms with Gasteiger partial charge in [-0.3, -0.25) is 9.59 Å². The van der Waals surface area contributed by atoms with Crippen LogP contribution in [0.15, 0.2) is 97.2 Å². The highest BCUT2D eigenvalue weighted by molar-refractivity contribution is 5.94. The lowest BCUT2D eigenvalue weighted by molar-refractivity contribution is -0.137. The number of nitrogens with zero attached hydrogens (tertiary/aromatic N) is 1. The maximum absolute atomic E-state index is 13.7. The highest BCUT2D eigenvalue weighted by Gasteiger charge is 2.20. The molecule has 0 bridgehead atoms. The van der Waals surface area contributed by atoms with Crippen molar-refractivity contribution in [1.29, 1.82) is 0 Å². The van der Waals surface area contributed by atoms with Gasteiger partial charge in [0.2, 0.25) is 0 Å². The van der Waals surface area contributed by atoms with E-state index in [9.17, 15) is 19.1 Å². The normalized spacial score (nSPS) is 11.4. The van der Waals surface area contributed by atoms with E-state index in [1.54, 1.807) is 60.8 Å². The molecule has 1 amide bonds. The summed E-state index contributed by atoms with van der Waals surface area (Å²) in [5.41, 5.74) is 2.38. The molecule has 3 aromatic carbocycles. The van der Waals surface area contributed by atoms with Crippen molar-refractivity contribution in [3.05, 3.63) is 114 Å². The summed E-state index contributed by atoms with van der Waals surface area (Å²) in [6, 6.07) is 24.8. The SMILES string of the molecule is O=C(O)CC(NC(=O)c1ccc(OCCCNc2ccccn2)cc1)c1cccc(-c2cccc(F)c2)c1. The Labute approximate surface area is 220 Å². The van der Waals surface area contributed by atoms with Crippen LogP contribution in [-0.4, -0.2) is 35.1 Å². The summed E-state index contributed by atoms with van der Waals surface area (Å²) in [7, 11) is 0. The minimum Gasteiger partial charge on any atom is -0.494 e. The number of carboxylic acids is 1. The molecule has 0 radical (unpaired) electrons. The molecule has 1 atom stereocenters. The van der Waals surface area contributed by atoms with Crippen molar-refractivity contribution in [2.24, 2.45) is 0 Å². The lowest BCUT2D eigenvalue weighted by atomic mass is 9.97. The summed E-state index contributed by atoms with van der Waals surface area (Å²) in [5, 5.41) is 15.5. The average molecular weight is 514 g/mol. The Balaban J connectivity index is 1.35. The van der Waals surface area contributed by atoms with Crippen molar-refractivity contribution < 1.29 is 23.8 Å². The maximum atomic E-state index is 13.7. The molecule has 0 spiro atoms. The molecule has 0 saturated carbocycles. The average Bonchev–Trinajstić information content (AvgIpc) is 2.93. The molecule has 38 heavy (non-hydrogen) atoms. The van der Waals surface area contributed by atoms with Gasteiger partial charge in [0.25, 0.3) is 5.91 Å². The van der Waals surface area contributed by atoms with Crippen LogP contribution in [0.2, 0.25) is 0 Å². The topological polar surface area (TPSA) is 101 Å². The van der Waals surface area contributed by atoms with Gasteiger partial charge in [-0.25, -0.2) is 9.37 Å². The van der Waals surface area contributed by atoms with E-state index < -0.39 is 17.9 Å². The van der Waals surface area contributed by atoms with Crippen LogP contribution < -0.4 is 15.4 Å². The Morgan fingerprint density at radius 2 is 1.68 bits per heavy atom. The van der Waals surface area contributed by atoms with Crippen molar-refractivity contribution in [1.82, 2.24) is 10.3 Å². The Kier molecular flexibility index (Phi) is 9.02. The van der Waals surface area contributed by atoms with Gasteiger partial charge in [-0.15, -0.1) is 0 Å². The quantitative estimate of drug-likeness (QED) is 0.210. The highest BCUT2D eigenvalue weighted by Crippen LogP contribution is 2.26. The minimum atomic E-state index is -1.05. The molecule has 1 aromatic heterocycles. The number of ether oxygens (including phenoxy) is 1. The number of aliphatic carboxylic acids is 1. The summed E-state index contributed by atoms with van der Waals surface area (Å²) in [4.78, 5) is 28.7. The minimum absolute atomic E-state index is 0.300. The monoisotopic (exact) mass is 513 g/mol. The van der Waals surface area contributed by atoms with E-state index in [0.29, 0.717) is 35.6 Å². The van der Waals surface area contributed by atoms with Gasteiger partial charge in [0.05, 0.1) is 19.1 Å². The molecule has 8 heteroatoms. The highest BCUT2D eigenvalue weighted by atomic mass is 19.1. The first kappa shape index (κ1) is 26.3. The molecule has 4 rings (SSSR count). The Morgan fingerprint density at radius 1 is 0.921 bits per heavy atom. The molecule has 1 heterocycles. The van der Waals surface area contributed by atoms with E-state index in [1.165, 1.54) is 12.1 Å². The van der Waals surface area contributed by atoms with Crippen molar-refractivity contribution in [2.45, 2.75) is 18.9 Å². The van der Waals surface area contributed by atoms with E-state index >= 15 is 0 Å². The first-order valence-electron chi connectivity index (χ1n) is 12.2. The van der Waals surface area contributed by atoms with Gasteiger partial charge in [-0.05, 0) is 77.7 Å². The largest absolute Gasteiger partial charge is 0.494 e. The number of carboxylic acid groups (broad SMARTS) is 1. The lowest BCUT2D eigenvalue weighted by Gasteiger charge is -2.19. The molecule has 0 fully saturated rings. The van der Waals surface area contributed by atoms with Gasteiger partial charge >= 0.3 is 5.97 Å². The third kappa shape index (κ3) is 7.64. The summed E-state index contributed by atoms with van der Waals surface area (Å²) in [6.45, 7) is 1.20. The van der Waals surface area contributed by atoms with Crippen molar-refractivity contribution in [2.75, 3.05) is 18.5 Å². The number of hydrogen-bond donors (Lipinski definition) is 3. The molecule has 7 nitrogen and oxygen atoms in total. The van der Waals surface area contributed by atoms with Crippen LogP contribution in [0.5, 0.6) is 5.75 Å². The second-order valence-electron chi connectivity index (χ2n) is 8.63. The predicted molar refractivity (Wildman–Crippen MR) is 144 cm³/mol. The van der Waals surface area contributed by atoms with E-state index in [1.807, 2.05) is 24.3 Å². The summed E-state index contributed by atoms with van der Waals surface area (Å²) in [6.07, 6.45) is 2.20. The molecule has 0 aliphatic carbocycles. The summed E-state index contributed by atoms with van der Waals surface area (Å²) < 4.78 is 19.4. The van der Waals surface area contributed by atoms with Crippen LogP contribution in [0.1, 0.15) is 34.8 Å². The second kappa shape index (κ2) is 13.0. The summed E-state index contributed by atoms with van der Waals surface area (Å²) in [5.74, 6) is -0.378. The zero-order valence-electron chi connectivity index (χ0n) is 20.6. The zero-order chi connectivity index (χ0) is 26.7. The number of carbonyl (C=O) groups excluding carboxylic acids is 1. The third-order valence-electron chi connectivity index (χ3n) is 5.81. The van der Waals surface area contributed by atoms with Gasteiger partial charge in [0, 0.05) is 18.3 Å². The Hall–Kier alpha value is -4.72. The molecule has 0 saturated heterocycles. The van der Waals surface area contributed by atoms with Crippen LogP contribution in [-0.2, 0) is 4.79 Å². The molecule has 194 valence electrons. The van der Waals surface area contributed by atoms with E-state index in [2.05, 4.69) is 15.6 Å². The number of anilines is 1. The number of rotatable bonds is 12. The molecular weight excluding hydrogens is 485 g/mol. The lowest BCUT2D eigenvalue weighted by Crippen LogP contribution is -2.30. The first-order chi connectivity index (χ1) is 18.5. The van der Waals surface area contributed by atoms with Crippen LogP contribution in [0.3, 0.4) is 0 Å².